The summed E-state index contributed by atoms with van der Waals surface area (Å²) in [6.45, 7) is 10.5. The van der Waals surface area contributed by atoms with E-state index in [1.165, 1.54) is 49.7 Å². The number of hydrogen-bond donors (Lipinski definition) is 2. The molecule has 0 aromatic rings. The lowest BCUT2D eigenvalue weighted by molar-refractivity contribution is -0.955. The highest BCUT2D eigenvalue weighted by Gasteiger charge is 2.64. The van der Waals surface area contributed by atoms with Crippen LogP contribution >= 0.6 is 0 Å². The van der Waals surface area contributed by atoms with Gasteiger partial charge in [-0.15, -0.1) is 0 Å². The Kier molecular flexibility index (Phi) is 6.33. The van der Waals surface area contributed by atoms with Crippen LogP contribution < -0.4 is 24.0 Å². The molecule has 0 spiro atoms. The lowest BCUT2D eigenvalue weighted by Crippen LogP contribution is -3.00. The predicted octanol–water partition coefficient (Wildman–Crippen LogP) is 1.71. The van der Waals surface area contributed by atoms with Gasteiger partial charge >= 0.3 is 0 Å². The van der Waals surface area contributed by atoms with E-state index in [-0.39, 0.29) is 41.6 Å². The number of rotatable bonds is 0. The van der Waals surface area contributed by atoms with Crippen LogP contribution in [0, 0.1) is 58.7 Å². The molecule has 6 rings (SSSR count). The van der Waals surface area contributed by atoms with Crippen LogP contribution in [0.5, 0.6) is 0 Å². The summed E-state index contributed by atoms with van der Waals surface area (Å²) >= 11 is 0. The van der Waals surface area contributed by atoms with Crippen molar-refractivity contribution in [2.24, 2.45) is 58.7 Å². The molecule has 1 unspecified atom stereocenters. The third-order valence-electron chi connectivity index (χ3n) is 12.7. The third-order valence-corrected chi connectivity index (χ3v) is 12.7. The van der Waals surface area contributed by atoms with E-state index in [1.54, 1.807) is 0 Å². The molecule has 0 amide bonds. The van der Waals surface area contributed by atoms with Gasteiger partial charge < -0.3 is 38.7 Å². The number of quaternary nitrogens is 1. The van der Waals surface area contributed by atoms with Crippen molar-refractivity contribution in [3.05, 3.63) is 0 Å². The second kappa shape index (κ2) is 8.34. The molecular weight excluding hydrogens is 509 g/mol. The van der Waals surface area contributed by atoms with E-state index in [9.17, 15) is 10.2 Å². The smallest absolute Gasteiger partial charge is 0.0917 e. The van der Waals surface area contributed by atoms with Crippen molar-refractivity contribution in [1.29, 1.82) is 0 Å². The van der Waals surface area contributed by atoms with Gasteiger partial charge in [-0.2, -0.15) is 0 Å². The summed E-state index contributed by atoms with van der Waals surface area (Å²) in [6, 6.07) is 0.904. The van der Waals surface area contributed by atoms with E-state index in [1.807, 2.05) is 0 Å². The molecule has 4 heteroatoms. The molecule has 2 saturated heterocycles. The lowest BCUT2D eigenvalue weighted by Gasteiger charge is -2.60. The first-order valence-electron chi connectivity index (χ1n) is 13.9. The van der Waals surface area contributed by atoms with Gasteiger partial charge in [0.2, 0.25) is 0 Å². The maximum absolute atomic E-state index is 11.2. The summed E-state index contributed by atoms with van der Waals surface area (Å²) in [5.74, 6) is 7.28. The van der Waals surface area contributed by atoms with Crippen molar-refractivity contribution in [2.45, 2.75) is 96.8 Å². The summed E-state index contributed by atoms with van der Waals surface area (Å²) in [5, 5.41) is 21.6. The van der Waals surface area contributed by atoms with Crippen LogP contribution in [0.4, 0.5) is 0 Å². The van der Waals surface area contributed by atoms with E-state index >= 15 is 0 Å². The summed E-state index contributed by atoms with van der Waals surface area (Å²) in [5.41, 5.74) is 0.259. The van der Waals surface area contributed by atoms with Crippen molar-refractivity contribution in [2.75, 3.05) is 20.1 Å². The van der Waals surface area contributed by atoms with Gasteiger partial charge in [0.1, 0.15) is 0 Å². The van der Waals surface area contributed by atoms with Crippen molar-refractivity contribution >= 4 is 0 Å². The molecule has 32 heavy (non-hydrogen) atoms. The standard InChI is InChI=1S/C28H48NO2.HI/c1-16-5-8-26-17(2)19-6-7-20-21(23(19)15-29(26,4)14-16)12-24-22(20)13-27(31)25-11-18(30)9-10-28(24,25)3;/h16-27,30-31H,5-15H2,1-4H3;1H/q+1;/p-1/t16-,17-,18-,19-,20-,21-,22+,23-,24+,25-,26+,27+,28-,29?;/m1./s1. The molecule has 184 valence electrons. The molecule has 2 N–H and O–H groups in total. The molecule has 3 nitrogen and oxygen atoms in total. The Labute approximate surface area is 213 Å². The molecule has 4 aliphatic carbocycles. The molecule has 2 heterocycles. The largest absolute Gasteiger partial charge is 1.00 e. The van der Waals surface area contributed by atoms with Gasteiger partial charge in [-0.1, -0.05) is 20.8 Å². The van der Waals surface area contributed by atoms with Gasteiger partial charge in [0.25, 0.3) is 0 Å². The SMILES string of the molecule is C[C@@H]1CC[C@H]2[C@H](C)[C@H]3CC[C@@H]4[C@@H](C[C@H]5[C@H]4C[C@H](O)[C@H]4C[C@H](O)CC[C@@]45C)[C@@H]3C[N+]2(C)C1.[I-]. The van der Waals surface area contributed by atoms with Crippen LogP contribution in [0.2, 0.25) is 0 Å². The van der Waals surface area contributed by atoms with Crippen LogP contribution in [0.3, 0.4) is 0 Å². The van der Waals surface area contributed by atoms with E-state index in [2.05, 4.69) is 27.8 Å². The predicted molar refractivity (Wildman–Crippen MR) is 124 cm³/mol. The minimum absolute atomic E-state index is 0. The Morgan fingerprint density at radius 3 is 2.28 bits per heavy atom. The molecular formula is C28H48INO2. The Morgan fingerprint density at radius 2 is 1.50 bits per heavy atom. The Morgan fingerprint density at radius 1 is 0.750 bits per heavy atom. The number of aliphatic hydroxyl groups excluding tert-OH is 2. The zero-order chi connectivity index (χ0) is 21.7. The topological polar surface area (TPSA) is 40.5 Å². The zero-order valence-corrected chi connectivity index (χ0v) is 23.1. The highest BCUT2D eigenvalue weighted by molar-refractivity contribution is 5.11. The van der Waals surface area contributed by atoms with Crippen LogP contribution in [-0.4, -0.2) is 53.1 Å². The summed E-state index contributed by atoms with van der Waals surface area (Å²) in [6.07, 6.45) is 10.8. The lowest BCUT2D eigenvalue weighted by atomic mass is 9.51. The molecule has 14 atom stereocenters. The fourth-order valence-electron chi connectivity index (χ4n) is 11.5. The maximum atomic E-state index is 11.2. The highest BCUT2D eigenvalue weighted by atomic mass is 127. The van der Waals surface area contributed by atoms with Gasteiger partial charge in [0.15, 0.2) is 0 Å². The Hall–Kier alpha value is 0.610. The maximum Gasteiger partial charge on any atom is 0.0917 e. The summed E-state index contributed by atoms with van der Waals surface area (Å²) < 4.78 is 1.36. The number of hydrogen-bond acceptors (Lipinski definition) is 2. The molecule has 0 aromatic heterocycles. The number of piperidine rings is 2. The van der Waals surface area contributed by atoms with E-state index < -0.39 is 0 Å². The molecule has 6 fully saturated rings. The molecule has 0 bridgehead atoms. The number of fused-ring (bicyclic) bond motifs is 8. The van der Waals surface area contributed by atoms with Crippen molar-refractivity contribution < 1.29 is 38.7 Å². The summed E-state index contributed by atoms with van der Waals surface area (Å²) in [7, 11) is 2.61. The minimum atomic E-state index is -0.181. The van der Waals surface area contributed by atoms with Crippen LogP contribution in [-0.2, 0) is 0 Å². The first-order chi connectivity index (χ1) is 14.7. The van der Waals surface area contributed by atoms with Crippen LogP contribution in [0.25, 0.3) is 0 Å². The zero-order valence-electron chi connectivity index (χ0n) is 20.9. The van der Waals surface area contributed by atoms with Gasteiger partial charge in [-0.3, -0.25) is 0 Å². The molecule has 0 radical (unpaired) electrons. The van der Waals surface area contributed by atoms with Crippen molar-refractivity contribution in [1.82, 2.24) is 0 Å². The van der Waals surface area contributed by atoms with Crippen molar-refractivity contribution in [3.8, 4) is 0 Å². The summed E-state index contributed by atoms with van der Waals surface area (Å²) in [4.78, 5) is 0. The van der Waals surface area contributed by atoms with Gasteiger partial charge in [-0.25, -0.2) is 0 Å². The fraction of sp³-hybridized carbons (Fsp3) is 1.00. The quantitative estimate of drug-likeness (QED) is 0.352. The molecule has 2 aliphatic heterocycles. The molecule has 4 saturated carbocycles. The van der Waals surface area contributed by atoms with E-state index in [4.69, 9.17) is 0 Å². The monoisotopic (exact) mass is 557 g/mol. The fourth-order valence-corrected chi connectivity index (χ4v) is 11.5. The second-order valence-corrected chi connectivity index (χ2v) is 14.0. The van der Waals surface area contributed by atoms with Gasteiger partial charge in [0.05, 0.1) is 38.4 Å². The van der Waals surface area contributed by atoms with Crippen molar-refractivity contribution in [3.63, 3.8) is 0 Å². The number of nitrogens with zero attached hydrogens (tertiary/aromatic N) is 1. The minimum Gasteiger partial charge on any atom is -1.00 e. The highest BCUT2D eigenvalue weighted by Crippen LogP contribution is 2.67. The Bertz CT molecular complexity index is 718. The first-order valence-corrected chi connectivity index (χ1v) is 13.9. The van der Waals surface area contributed by atoms with E-state index in [0.29, 0.717) is 5.92 Å². The van der Waals surface area contributed by atoms with E-state index in [0.717, 1.165) is 79.1 Å². The van der Waals surface area contributed by atoms with Gasteiger partial charge in [-0.05, 0) is 92.3 Å². The first kappa shape index (κ1) is 24.3. The molecule has 0 aromatic carbocycles. The average Bonchev–Trinajstić information content (AvgIpc) is 3.09. The third kappa shape index (κ3) is 3.42. The van der Waals surface area contributed by atoms with Crippen LogP contribution in [0.15, 0.2) is 0 Å². The van der Waals surface area contributed by atoms with Crippen LogP contribution in [0.1, 0.15) is 78.6 Å². The number of halogens is 1. The molecule has 6 aliphatic rings. The second-order valence-electron chi connectivity index (χ2n) is 14.0. The van der Waals surface area contributed by atoms with Gasteiger partial charge in [0, 0.05) is 24.2 Å². The average molecular weight is 558 g/mol. The number of aliphatic hydroxyl groups is 2. The Balaban J connectivity index is 0.00000216. The normalized spacial score (nSPS) is 61.3.